The third kappa shape index (κ3) is 3.04. The maximum atomic E-state index is 11.6. The van der Waals surface area contributed by atoms with Crippen LogP contribution in [0.4, 0.5) is 0 Å². The van der Waals surface area contributed by atoms with Gasteiger partial charge in [-0.3, -0.25) is 9.20 Å². The molecule has 17 heavy (non-hydrogen) atoms. The Labute approximate surface area is 103 Å². The van der Waals surface area contributed by atoms with Crippen LogP contribution in [0.2, 0.25) is 0 Å². The Kier molecular flexibility index (Phi) is 3.75. The molecule has 2 heterocycles. The predicted octanol–water partition coefficient (Wildman–Crippen LogP) is 0.825. The third-order valence-corrected chi connectivity index (χ3v) is 3.26. The normalized spacial score (nSPS) is 12.8. The van der Waals surface area contributed by atoms with Crippen LogP contribution in [0.15, 0.2) is 17.8 Å². The van der Waals surface area contributed by atoms with E-state index in [1.807, 2.05) is 29.1 Å². The number of carbonyl (C=O) groups is 1. The van der Waals surface area contributed by atoms with E-state index < -0.39 is 6.10 Å². The first-order chi connectivity index (χ1) is 8.19. The lowest BCUT2D eigenvalue weighted by atomic mass is 10.2. The summed E-state index contributed by atoms with van der Waals surface area (Å²) in [6.07, 6.45) is 4.19. The molecule has 0 bridgehead atoms. The van der Waals surface area contributed by atoms with Gasteiger partial charge < -0.3 is 10.4 Å². The molecule has 1 atom stereocenters. The van der Waals surface area contributed by atoms with Gasteiger partial charge in [-0.25, -0.2) is 4.98 Å². The van der Waals surface area contributed by atoms with E-state index in [9.17, 15) is 9.90 Å². The van der Waals surface area contributed by atoms with Crippen LogP contribution >= 0.6 is 11.3 Å². The van der Waals surface area contributed by atoms with E-state index >= 15 is 0 Å². The Balaban J connectivity index is 1.88. The molecule has 0 aliphatic heterocycles. The van der Waals surface area contributed by atoms with Gasteiger partial charge in [-0.15, -0.1) is 11.3 Å². The number of thiazole rings is 1. The molecule has 0 aromatic carbocycles. The zero-order valence-electron chi connectivity index (χ0n) is 9.59. The Morgan fingerprint density at radius 2 is 2.53 bits per heavy atom. The molecule has 1 unspecified atom stereocenters. The first-order valence-corrected chi connectivity index (χ1v) is 6.43. The van der Waals surface area contributed by atoms with Gasteiger partial charge in [0.2, 0.25) is 5.91 Å². The van der Waals surface area contributed by atoms with Crippen molar-refractivity contribution >= 4 is 22.2 Å². The fraction of sp³-hybridized carbons (Fsp3) is 0.455. The zero-order valence-corrected chi connectivity index (χ0v) is 10.4. The van der Waals surface area contributed by atoms with Crippen molar-refractivity contribution in [3.63, 3.8) is 0 Å². The Hall–Kier alpha value is -1.40. The van der Waals surface area contributed by atoms with E-state index in [1.165, 1.54) is 11.3 Å². The van der Waals surface area contributed by atoms with Gasteiger partial charge in [0, 0.05) is 24.3 Å². The molecule has 2 N–H and O–H groups in total. The highest BCUT2D eigenvalue weighted by Crippen LogP contribution is 2.11. The molecular formula is C11H15N3O2S. The monoisotopic (exact) mass is 253 g/mol. The quantitative estimate of drug-likeness (QED) is 0.829. The molecule has 2 aromatic rings. The number of amides is 1. The summed E-state index contributed by atoms with van der Waals surface area (Å²) in [5.74, 6) is -0.108. The van der Waals surface area contributed by atoms with Crippen molar-refractivity contribution < 1.29 is 9.90 Å². The molecule has 0 aliphatic carbocycles. The van der Waals surface area contributed by atoms with E-state index in [0.29, 0.717) is 13.0 Å². The summed E-state index contributed by atoms with van der Waals surface area (Å²) in [5, 5.41) is 14.0. The third-order valence-electron chi connectivity index (χ3n) is 2.49. The molecule has 0 spiro atoms. The Morgan fingerprint density at radius 1 is 1.71 bits per heavy atom. The number of hydrogen-bond donors (Lipinski definition) is 2. The van der Waals surface area contributed by atoms with Crippen LogP contribution in [0.25, 0.3) is 4.96 Å². The smallest absolute Gasteiger partial charge is 0.226 e. The van der Waals surface area contributed by atoms with E-state index in [1.54, 1.807) is 0 Å². The number of hydrogen-bond acceptors (Lipinski definition) is 4. The van der Waals surface area contributed by atoms with Crippen molar-refractivity contribution in [1.82, 2.24) is 14.7 Å². The number of nitrogens with zero attached hydrogens (tertiary/aromatic N) is 2. The van der Waals surface area contributed by atoms with Gasteiger partial charge in [0.1, 0.15) is 0 Å². The fourth-order valence-electron chi connectivity index (χ4n) is 1.46. The van der Waals surface area contributed by atoms with E-state index in [-0.39, 0.29) is 12.3 Å². The molecule has 92 valence electrons. The lowest BCUT2D eigenvalue weighted by Crippen LogP contribution is -2.32. The lowest BCUT2D eigenvalue weighted by molar-refractivity contribution is -0.120. The summed E-state index contributed by atoms with van der Waals surface area (Å²) in [4.78, 5) is 16.8. The summed E-state index contributed by atoms with van der Waals surface area (Å²) in [6, 6.07) is 0. The highest BCUT2D eigenvalue weighted by Gasteiger charge is 2.09. The molecule has 2 aromatic heterocycles. The van der Waals surface area contributed by atoms with Crippen molar-refractivity contribution in [2.24, 2.45) is 0 Å². The molecule has 0 radical (unpaired) electrons. The Bertz CT molecular complexity index is 477. The zero-order chi connectivity index (χ0) is 12.3. The SMILES string of the molecule is CCC(O)CNC(=O)Cc1cn2ccsc2n1. The summed E-state index contributed by atoms with van der Waals surface area (Å²) in [7, 11) is 0. The predicted molar refractivity (Wildman–Crippen MR) is 66.1 cm³/mol. The van der Waals surface area contributed by atoms with Gasteiger partial charge in [-0.2, -0.15) is 0 Å². The van der Waals surface area contributed by atoms with Crippen LogP contribution in [0.1, 0.15) is 19.0 Å². The average Bonchev–Trinajstić information content (AvgIpc) is 2.86. The first kappa shape index (κ1) is 12.1. The molecular weight excluding hydrogens is 238 g/mol. The minimum Gasteiger partial charge on any atom is -0.391 e. The lowest BCUT2D eigenvalue weighted by Gasteiger charge is -2.08. The number of carbonyl (C=O) groups excluding carboxylic acids is 1. The van der Waals surface area contributed by atoms with Crippen LogP contribution in [0, 0.1) is 0 Å². The number of nitrogens with one attached hydrogen (secondary N) is 1. The number of aliphatic hydroxyl groups is 1. The van der Waals surface area contributed by atoms with Crippen LogP contribution in [0.5, 0.6) is 0 Å². The van der Waals surface area contributed by atoms with Gasteiger partial charge >= 0.3 is 0 Å². The van der Waals surface area contributed by atoms with Crippen molar-refractivity contribution in [1.29, 1.82) is 0 Å². The van der Waals surface area contributed by atoms with Crippen LogP contribution in [0.3, 0.4) is 0 Å². The number of imidazole rings is 1. The number of aliphatic hydroxyl groups excluding tert-OH is 1. The number of aromatic nitrogens is 2. The maximum absolute atomic E-state index is 11.6. The number of rotatable bonds is 5. The van der Waals surface area contributed by atoms with Crippen LogP contribution in [-0.4, -0.2) is 33.0 Å². The Morgan fingerprint density at radius 3 is 3.24 bits per heavy atom. The maximum Gasteiger partial charge on any atom is 0.226 e. The molecule has 5 nitrogen and oxygen atoms in total. The topological polar surface area (TPSA) is 66.6 Å². The highest BCUT2D eigenvalue weighted by atomic mass is 32.1. The molecule has 1 amide bonds. The number of fused-ring (bicyclic) bond motifs is 1. The fourth-order valence-corrected chi connectivity index (χ4v) is 2.18. The average molecular weight is 253 g/mol. The van der Waals surface area contributed by atoms with Gasteiger partial charge in [0.05, 0.1) is 18.2 Å². The van der Waals surface area contributed by atoms with Gasteiger partial charge in [0.15, 0.2) is 4.96 Å². The van der Waals surface area contributed by atoms with Crippen LogP contribution < -0.4 is 5.32 Å². The van der Waals surface area contributed by atoms with Crippen molar-refractivity contribution in [3.8, 4) is 0 Å². The molecule has 0 aliphatic rings. The van der Waals surface area contributed by atoms with Gasteiger partial charge in [-0.05, 0) is 6.42 Å². The molecule has 0 fully saturated rings. The van der Waals surface area contributed by atoms with Crippen molar-refractivity contribution in [2.75, 3.05) is 6.54 Å². The van der Waals surface area contributed by atoms with Crippen LogP contribution in [-0.2, 0) is 11.2 Å². The summed E-state index contributed by atoms with van der Waals surface area (Å²) >= 11 is 1.54. The second-order valence-corrected chi connectivity index (χ2v) is 4.74. The standard InChI is InChI=1S/C11H15N3O2S/c1-2-9(15)6-12-10(16)5-8-7-14-3-4-17-11(14)13-8/h3-4,7,9,15H,2,5-6H2,1H3,(H,12,16). The van der Waals surface area contributed by atoms with Crippen molar-refractivity contribution in [2.45, 2.75) is 25.9 Å². The minimum atomic E-state index is -0.468. The van der Waals surface area contributed by atoms with E-state index in [0.717, 1.165) is 10.7 Å². The largest absolute Gasteiger partial charge is 0.391 e. The first-order valence-electron chi connectivity index (χ1n) is 5.55. The highest BCUT2D eigenvalue weighted by molar-refractivity contribution is 7.15. The molecule has 2 rings (SSSR count). The van der Waals surface area contributed by atoms with Crippen molar-refractivity contribution in [3.05, 3.63) is 23.5 Å². The van der Waals surface area contributed by atoms with E-state index in [4.69, 9.17) is 0 Å². The molecule has 6 heteroatoms. The summed E-state index contributed by atoms with van der Waals surface area (Å²) in [6.45, 7) is 2.18. The summed E-state index contributed by atoms with van der Waals surface area (Å²) < 4.78 is 1.90. The molecule has 0 saturated carbocycles. The van der Waals surface area contributed by atoms with Gasteiger partial charge in [0.25, 0.3) is 0 Å². The summed E-state index contributed by atoms with van der Waals surface area (Å²) in [5.41, 5.74) is 0.750. The molecule has 0 saturated heterocycles. The second-order valence-electron chi connectivity index (χ2n) is 3.87. The van der Waals surface area contributed by atoms with E-state index in [2.05, 4.69) is 10.3 Å². The minimum absolute atomic E-state index is 0.108. The second kappa shape index (κ2) is 5.29. The van der Waals surface area contributed by atoms with Gasteiger partial charge in [-0.1, -0.05) is 6.92 Å².